The van der Waals surface area contributed by atoms with E-state index in [0.717, 1.165) is 37.3 Å². The van der Waals surface area contributed by atoms with Crippen molar-refractivity contribution in [2.24, 2.45) is 10.2 Å². The Balaban J connectivity index is 2.44. The summed E-state index contributed by atoms with van der Waals surface area (Å²) in [6, 6.07) is 5.14. The molecule has 192 valence electrons. The first-order valence-electron chi connectivity index (χ1n) is 9.24. The molecule has 3 aromatic carbocycles. The average molecular weight is 561 g/mol. The molecule has 15 nitrogen and oxygen atoms in total. The van der Waals surface area contributed by atoms with Gasteiger partial charge in [-0.3, -0.25) is 18.5 Å². The molecule has 0 unspecified atom stereocenters. The first-order valence-corrected chi connectivity index (χ1v) is 13.6. The topological polar surface area (TPSA) is 263 Å². The second kappa shape index (κ2) is 9.08. The molecule has 0 aliphatic carbocycles. The van der Waals surface area contributed by atoms with Crippen molar-refractivity contribution in [3.05, 3.63) is 36.4 Å². The van der Waals surface area contributed by atoms with Gasteiger partial charge in [0.2, 0.25) is 5.91 Å². The van der Waals surface area contributed by atoms with Crippen molar-refractivity contribution < 1.29 is 48.8 Å². The van der Waals surface area contributed by atoms with E-state index in [2.05, 4.69) is 15.5 Å². The van der Waals surface area contributed by atoms with Crippen molar-refractivity contribution in [1.82, 2.24) is 0 Å². The second-order valence-electron chi connectivity index (χ2n) is 7.17. The van der Waals surface area contributed by atoms with Crippen molar-refractivity contribution in [3.8, 4) is 5.75 Å². The van der Waals surface area contributed by atoms with Crippen LogP contribution in [0.5, 0.6) is 5.75 Å². The van der Waals surface area contributed by atoms with Crippen LogP contribution < -0.4 is 11.1 Å². The molecular formula is C18H16N4O11S3. The Morgan fingerprint density at radius 3 is 2.00 bits per heavy atom. The van der Waals surface area contributed by atoms with Gasteiger partial charge < -0.3 is 16.2 Å². The number of aromatic hydroxyl groups is 1. The molecule has 0 aliphatic heterocycles. The van der Waals surface area contributed by atoms with Gasteiger partial charge in [0.15, 0.2) is 5.75 Å². The van der Waals surface area contributed by atoms with Gasteiger partial charge in [0.1, 0.15) is 21.2 Å². The summed E-state index contributed by atoms with van der Waals surface area (Å²) >= 11 is 0. The number of fused-ring (bicyclic) bond motifs is 1. The number of carbonyl (C=O) groups excluding carboxylic acids is 1. The Morgan fingerprint density at radius 1 is 0.861 bits per heavy atom. The van der Waals surface area contributed by atoms with Crippen LogP contribution in [0.15, 0.2) is 61.3 Å². The number of phenolic OH excluding ortho intramolecular Hbond substituents is 1. The standard InChI is InChI=1S/C18H16N4O11S3/c1-8(23)20-13-7-11(34(25,26)27)4-9-5-15(36(31,32)33)17(18(24)16(9)13)22-21-12-6-10(19)2-3-14(12)35(28,29)30/h2-7,24H,19H2,1H3,(H,20,23)(H,25,26,27)(H,28,29,30)(H,31,32,33). The maximum absolute atomic E-state index is 12.0. The van der Waals surface area contributed by atoms with Gasteiger partial charge in [-0.1, -0.05) is 0 Å². The molecule has 0 aromatic heterocycles. The summed E-state index contributed by atoms with van der Waals surface area (Å²) in [4.78, 5) is 8.98. The van der Waals surface area contributed by atoms with Crippen molar-refractivity contribution >= 4 is 69.8 Å². The summed E-state index contributed by atoms with van der Waals surface area (Å²) in [5, 5.41) is 19.4. The van der Waals surface area contributed by atoms with E-state index in [0.29, 0.717) is 6.07 Å². The van der Waals surface area contributed by atoms with Crippen LogP contribution in [0.4, 0.5) is 22.7 Å². The smallest absolute Gasteiger partial charge is 0.296 e. The van der Waals surface area contributed by atoms with E-state index >= 15 is 0 Å². The molecule has 18 heteroatoms. The summed E-state index contributed by atoms with van der Waals surface area (Å²) in [6.07, 6.45) is 0. The van der Waals surface area contributed by atoms with E-state index in [1.54, 1.807) is 0 Å². The Labute approximate surface area is 203 Å². The number of hydrogen-bond donors (Lipinski definition) is 6. The Morgan fingerprint density at radius 2 is 1.47 bits per heavy atom. The number of anilines is 2. The molecule has 0 bridgehead atoms. The number of carbonyl (C=O) groups is 1. The fraction of sp³-hybridized carbons (Fsp3) is 0.0556. The van der Waals surface area contributed by atoms with Crippen molar-refractivity contribution in [2.75, 3.05) is 11.1 Å². The summed E-state index contributed by atoms with van der Waals surface area (Å²) in [7, 11) is -14.9. The highest BCUT2D eigenvalue weighted by Crippen LogP contribution is 2.45. The van der Waals surface area contributed by atoms with Gasteiger partial charge in [0, 0.05) is 18.0 Å². The molecule has 0 saturated carbocycles. The molecule has 3 rings (SSSR count). The van der Waals surface area contributed by atoms with Crippen LogP contribution in [0.3, 0.4) is 0 Å². The lowest BCUT2D eigenvalue weighted by Gasteiger charge is -2.14. The highest BCUT2D eigenvalue weighted by molar-refractivity contribution is 7.86. The van der Waals surface area contributed by atoms with Gasteiger partial charge in [0.05, 0.1) is 10.6 Å². The van der Waals surface area contributed by atoms with Gasteiger partial charge >= 0.3 is 0 Å². The zero-order chi connectivity index (χ0) is 27.2. The van der Waals surface area contributed by atoms with E-state index in [1.165, 1.54) is 0 Å². The molecule has 0 aliphatic rings. The van der Waals surface area contributed by atoms with Crippen LogP contribution in [0, 0.1) is 0 Å². The van der Waals surface area contributed by atoms with Gasteiger partial charge in [-0.05, 0) is 41.8 Å². The van der Waals surface area contributed by atoms with Gasteiger partial charge in [-0.2, -0.15) is 25.3 Å². The molecule has 7 N–H and O–H groups in total. The van der Waals surface area contributed by atoms with Crippen LogP contribution >= 0.6 is 0 Å². The average Bonchev–Trinajstić information content (AvgIpc) is 2.69. The lowest BCUT2D eigenvalue weighted by atomic mass is 10.1. The molecule has 0 saturated heterocycles. The molecular weight excluding hydrogens is 544 g/mol. The Kier molecular flexibility index (Phi) is 6.79. The zero-order valence-electron chi connectivity index (χ0n) is 17.8. The van der Waals surface area contributed by atoms with Crippen molar-refractivity contribution in [2.45, 2.75) is 21.6 Å². The van der Waals surface area contributed by atoms with Crippen LogP contribution in [0.1, 0.15) is 6.92 Å². The SMILES string of the molecule is CC(=O)Nc1cc(S(=O)(=O)O)cc2cc(S(=O)(=O)O)c(N=Nc3cc(N)ccc3S(=O)(=O)O)c(O)c12. The van der Waals surface area contributed by atoms with Gasteiger partial charge in [-0.15, -0.1) is 10.2 Å². The predicted octanol–water partition coefficient (Wildman–Crippen LogP) is 2.24. The van der Waals surface area contributed by atoms with E-state index in [9.17, 15) is 48.8 Å². The normalized spacial score (nSPS) is 12.8. The zero-order valence-corrected chi connectivity index (χ0v) is 20.3. The van der Waals surface area contributed by atoms with Crippen molar-refractivity contribution in [1.29, 1.82) is 0 Å². The predicted molar refractivity (Wildman–Crippen MR) is 124 cm³/mol. The fourth-order valence-electron chi connectivity index (χ4n) is 3.12. The number of nitrogens with two attached hydrogens (primary N) is 1. The molecule has 0 heterocycles. The number of nitrogens with zero attached hydrogens (tertiary/aromatic N) is 2. The molecule has 0 radical (unpaired) electrons. The van der Waals surface area contributed by atoms with Crippen LogP contribution in [-0.2, 0) is 35.1 Å². The number of rotatable bonds is 6. The third-order valence-corrected chi connectivity index (χ3v) is 7.13. The number of phenols is 1. The van der Waals surface area contributed by atoms with E-state index < -0.39 is 73.8 Å². The molecule has 0 spiro atoms. The summed E-state index contributed by atoms with van der Waals surface area (Å²) < 4.78 is 99.1. The summed E-state index contributed by atoms with van der Waals surface area (Å²) in [5.41, 5.74) is 3.65. The lowest BCUT2D eigenvalue weighted by molar-refractivity contribution is -0.114. The third kappa shape index (κ3) is 5.58. The summed E-state index contributed by atoms with van der Waals surface area (Å²) in [6.45, 7) is 1.03. The minimum atomic E-state index is -5.19. The largest absolute Gasteiger partial charge is 0.505 e. The first-order chi connectivity index (χ1) is 16.4. The summed E-state index contributed by atoms with van der Waals surface area (Å²) in [5.74, 6) is -1.78. The quantitative estimate of drug-likeness (QED) is 0.144. The molecule has 0 fully saturated rings. The monoisotopic (exact) mass is 560 g/mol. The van der Waals surface area contributed by atoms with Crippen LogP contribution in [-0.4, -0.2) is 49.9 Å². The van der Waals surface area contributed by atoms with Crippen LogP contribution in [0.25, 0.3) is 10.8 Å². The second-order valence-corrected chi connectivity index (χ2v) is 11.4. The molecule has 36 heavy (non-hydrogen) atoms. The Hall–Kier alpha value is -3.68. The highest BCUT2D eigenvalue weighted by atomic mass is 32.2. The number of nitrogens with one attached hydrogen (secondary N) is 1. The fourth-order valence-corrected chi connectivity index (χ4v) is 4.93. The number of hydrogen-bond acceptors (Lipinski definition) is 11. The number of amides is 1. The maximum atomic E-state index is 12.0. The minimum Gasteiger partial charge on any atom is -0.505 e. The number of benzene rings is 3. The van der Waals surface area contributed by atoms with Gasteiger partial charge in [-0.25, -0.2) is 0 Å². The van der Waals surface area contributed by atoms with Crippen molar-refractivity contribution in [3.63, 3.8) is 0 Å². The lowest BCUT2D eigenvalue weighted by Crippen LogP contribution is -2.08. The number of azo groups is 1. The molecule has 1 amide bonds. The number of nitrogen functional groups attached to an aromatic ring is 1. The van der Waals surface area contributed by atoms with E-state index in [4.69, 9.17) is 5.73 Å². The minimum absolute atomic E-state index is 0.0280. The Bertz CT molecular complexity index is 1780. The van der Waals surface area contributed by atoms with E-state index in [-0.39, 0.29) is 16.5 Å². The first kappa shape index (κ1) is 26.9. The third-order valence-electron chi connectivity index (χ3n) is 4.53. The van der Waals surface area contributed by atoms with Crippen LogP contribution in [0.2, 0.25) is 0 Å². The highest BCUT2D eigenvalue weighted by Gasteiger charge is 2.26. The van der Waals surface area contributed by atoms with Gasteiger partial charge in [0.25, 0.3) is 30.4 Å². The maximum Gasteiger partial charge on any atom is 0.296 e. The van der Waals surface area contributed by atoms with E-state index in [1.807, 2.05) is 0 Å². The molecule has 3 aromatic rings. The molecule has 0 atom stereocenters.